The summed E-state index contributed by atoms with van der Waals surface area (Å²) < 4.78 is 26.6. The Hall–Kier alpha value is -3.16. The molecular formula is C24H25FN4O2. The summed E-state index contributed by atoms with van der Waals surface area (Å²) in [5.41, 5.74) is 4.23. The molecule has 3 heterocycles. The molecule has 0 radical (unpaired) electrons. The number of methoxy groups -OCH3 is 1. The first-order valence-corrected chi connectivity index (χ1v) is 10.5. The molecule has 31 heavy (non-hydrogen) atoms. The molecule has 0 fully saturated rings. The molecule has 0 aliphatic carbocycles. The van der Waals surface area contributed by atoms with E-state index >= 15 is 0 Å². The molecule has 6 nitrogen and oxygen atoms in total. The summed E-state index contributed by atoms with van der Waals surface area (Å²) >= 11 is 0. The lowest BCUT2D eigenvalue weighted by Crippen LogP contribution is -2.29. The summed E-state index contributed by atoms with van der Waals surface area (Å²) in [6, 6.07) is 14.9. The van der Waals surface area contributed by atoms with Crippen molar-refractivity contribution in [3.8, 4) is 0 Å². The van der Waals surface area contributed by atoms with Crippen LogP contribution in [-0.2, 0) is 30.8 Å². The Balaban J connectivity index is 1.36. The van der Waals surface area contributed by atoms with Gasteiger partial charge in [-0.2, -0.15) is 0 Å². The zero-order valence-corrected chi connectivity index (χ0v) is 17.5. The molecule has 1 N–H and O–H groups in total. The zero-order chi connectivity index (χ0) is 21.2. The average Bonchev–Trinajstić information content (AvgIpc) is 3.34. The molecule has 0 amide bonds. The quantitative estimate of drug-likeness (QED) is 0.469. The molecule has 1 aliphatic heterocycles. The van der Waals surface area contributed by atoms with E-state index in [9.17, 15) is 4.39 Å². The largest absolute Gasteiger partial charge is 0.383 e. The first kappa shape index (κ1) is 19.8. The summed E-state index contributed by atoms with van der Waals surface area (Å²) in [5, 5.41) is 8.67. The fourth-order valence-electron chi connectivity index (χ4n) is 4.27. The smallest absolute Gasteiger partial charge is 0.178 e. The van der Waals surface area contributed by atoms with Crippen LogP contribution in [-0.4, -0.2) is 34.9 Å². The highest BCUT2D eigenvalue weighted by atomic mass is 19.1. The number of hydrogen-bond acceptors (Lipinski definition) is 5. The molecule has 7 heteroatoms. The SMILES string of the molecule is COCCn1cc(CN2CCc3onc(Nc4cccc(F)c4)c3C2)c2ccccc21. The second kappa shape index (κ2) is 8.53. The summed E-state index contributed by atoms with van der Waals surface area (Å²) in [7, 11) is 1.73. The Kier molecular flexibility index (Phi) is 5.44. The Morgan fingerprint density at radius 3 is 2.97 bits per heavy atom. The zero-order valence-electron chi connectivity index (χ0n) is 17.5. The molecule has 1 aliphatic rings. The van der Waals surface area contributed by atoms with Crippen molar-refractivity contribution < 1.29 is 13.7 Å². The highest BCUT2D eigenvalue weighted by Crippen LogP contribution is 2.30. The van der Waals surface area contributed by atoms with Gasteiger partial charge in [0.1, 0.15) is 11.6 Å². The van der Waals surface area contributed by atoms with Gasteiger partial charge in [-0.15, -0.1) is 0 Å². The van der Waals surface area contributed by atoms with Gasteiger partial charge in [-0.3, -0.25) is 4.90 Å². The number of anilines is 2. The number of nitrogens with one attached hydrogen (secondary N) is 1. The minimum absolute atomic E-state index is 0.283. The third kappa shape index (κ3) is 4.06. The highest BCUT2D eigenvalue weighted by Gasteiger charge is 2.25. The second-order valence-electron chi connectivity index (χ2n) is 7.89. The van der Waals surface area contributed by atoms with E-state index in [2.05, 4.69) is 50.4 Å². The van der Waals surface area contributed by atoms with Crippen LogP contribution >= 0.6 is 0 Å². The minimum Gasteiger partial charge on any atom is -0.383 e. The van der Waals surface area contributed by atoms with Crippen LogP contribution in [0, 0.1) is 5.82 Å². The maximum atomic E-state index is 13.5. The van der Waals surface area contributed by atoms with Crippen molar-refractivity contribution in [3.05, 3.63) is 77.4 Å². The number of nitrogens with zero attached hydrogens (tertiary/aromatic N) is 3. The average molecular weight is 420 g/mol. The fourth-order valence-corrected chi connectivity index (χ4v) is 4.27. The molecule has 2 aromatic carbocycles. The Morgan fingerprint density at radius 1 is 1.19 bits per heavy atom. The first-order chi connectivity index (χ1) is 15.2. The van der Waals surface area contributed by atoms with Crippen molar-refractivity contribution in [1.82, 2.24) is 14.6 Å². The van der Waals surface area contributed by atoms with Crippen LogP contribution in [0.1, 0.15) is 16.9 Å². The Morgan fingerprint density at radius 2 is 2.10 bits per heavy atom. The van der Waals surface area contributed by atoms with Crippen LogP contribution in [0.5, 0.6) is 0 Å². The normalized spacial score (nSPS) is 14.1. The van der Waals surface area contributed by atoms with Crippen molar-refractivity contribution in [1.29, 1.82) is 0 Å². The van der Waals surface area contributed by atoms with Gasteiger partial charge in [-0.05, 0) is 29.8 Å². The van der Waals surface area contributed by atoms with E-state index in [1.807, 2.05) is 6.07 Å². The molecule has 2 aromatic heterocycles. The number of rotatable bonds is 7. The molecule has 0 atom stereocenters. The van der Waals surface area contributed by atoms with Gasteiger partial charge >= 0.3 is 0 Å². The van der Waals surface area contributed by atoms with E-state index in [-0.39, 0.29) is 5.82 Å². The van der Waals surface area contributed by atoms with Gasteiger partial charge in [0.2, 0.25) is 0 Å². The second-order valence-corrected chi connectivity index (χ2v) is 7.89. The molecule has 0 spiro atoms. The minimum atomic E-state index is -0.283. The predicted molar refractivity (Wildman–Crippen MR) is 118 cm³/mol. The van der Waals surface area contributed by atoms with Gasteiger partial charge in [0.05, 0.1) is 12.2 Å². The van der Waals surface area contributed by atoms with E-state index < -0.39 is 0 Å². The third-order valence-corrected chi connectivity index (χ3v) is 5.80. The van der Waals surface area contributed by atoms with Crippen LogP contribution in [0.25, 0.3) is 10.9 Å². The topological polar surface area (TPSA) is 55.5 Å². The van der Waals surface area contributed by atoms with E-state index in [1.54, 1.807) is 13.2 Å². The van der Waals surface area contributed by atoms with Crippen molar-refractivity contribution in [3.63, 3.8) is 0 Å². The number of benzene rings is 2. The molecular weight excluding hydrogens is 395 g/mol. The molecule has 4 aromatic rings. The summed E-state index contributed by atoms with van der Waals surface area (Å²) in [5.74, 6) is 1.28. The van der Waals surface area contributed by atoms with E-state index in [0.29, 0.717) is 18.1 Å². The summed E-state index contributed by atoms with van der Waals surface area (Å²) in [6.45, 7) is 3.98. The van der Waals surface area contributed by atoms with Crippen molar-refractivity contribution >= 4 is 22.4 Å². The van der Waals surface area contributed by atoms with E-state index in [0.717, 1.165) is 43.9 Å². The van der Waals surface area contributed by atoms with Gasteiger partial charge < -0.3 is 19.1 Å². The number of para-hydroxylation sites is 1. The third-order valence-electron chi connectivity index (χ3n) is 5.80. The predicted octanol–water partition coefficient (Wildman–Crippen LogP) is 4.72. The Bertz CT molecular complexity index is 1200. The van der Waals surface area contributed by atoms with E-state index in [4.69, 9.17) is 9.26 Å². The number of aromatic nitrogens is 2. The number of halogens is 1. The fraction of sp³-hybridized carbons (Fsp3) is 0.292. The maximum Gasteiger partial charge on any atom is 0.178 e. The molecule has 0 saturated carbocycles. The van der Waals surface area contributed by atoms with Crippen molar-refractivity contribution in [2.75, 3.05) is 25.6 Å². The van der Waals surface area contributed by atoms with Crippen LogP contribution in [0.4, 0.5) is 15.9 Å². The number of ether oxygens (including phenoxy) is 1. The lowest BCUT2D eigenvalue weighted by Gasteiger charge is -2.25. The molecule has 0 bridgehead atoms. The standard InChI is InChI=1S/C24H25FN4O2/c1-30-12-11-29-15-17(20-7-2-3-8-22(20)29)14-28-10-9-23-21(16-28)24(27-31-23)26-19-6-4-5-18(25)13-19/h2-8,13,15H,9-12,14,16H2,1H3,(H,26,27). The lowest BCUT2D eigenvalue weighted by molar-refractivity contribution is 0.188. The van der Waals surface area contributed by atoms with Crippen LogP contribution in [0.3, 0.4) is 0 Å². The maximum absolute atomic E-state index is 13.5. The van der Waals surface area contributed by atoms with Crippen molar-refractivity contribution in [2.24, 2.45) is 0 Å². The number of fused-ring (bicyclic) bond motifs is 2. The van der Waals surface area contributed by atoms with Crippen LogP contribution < -0.4 is 5.32 Å². The van der Waals surface area contributed by atoms with Crippen LogP contribution in [0.2, 0.25) is 0 Å². The molecule has 0 unspecified atom stereocenters. The monoisotopic (exact) mass is 420 g/mol. The summed E-state index contributed by atoms with van der Waals surface area (Å²) in [6.07, 6.45) is 3.04. The van der Waals surface area contributed by atoms with Gasteiger partial charge in [0.15, 0.2) is 5.82 Å². The number of hydrogen-bond donors (Lipinski definition) is 1. The van der Waals surface area contributed by atoms with Gasteiger partial charge in [0, 0.05) is 62.5 Å². The molecule has 0 saturated heterocycles. The molecule has 5 rings (SSSR count). The Labute approximate surface area is 180 Å². The van der Waals surface area contributed by atoms with Crippen LogP contribution in [0.15, 0.2) is 59.3 Å². The van der Waals surface area contributed by atoms with Gasteiger partial charge in [0.25, 0.3) is 0 Å². The van der Waals surface area contributed by atoms with Gasteiger partial charge in [-0.1, -0.05) is 29.4 Å². The summed E-state index contributed by atoms with van der Waals surface area (Å²) in [4.78, 5) is 2.40. The highest BCUT2D eigenvalue weighted by molar-refractivity contribution is 5.84. The van der Waals surface area contributed by atoms with Crippen molar-refractivity contribution in [2.45, 2.75) is 26.1 Å². The van der Waals surface area contributed by atoms with Gasteiger partial charge in [-0.25, -0.2) is 4.39 Å². The van der Waals surface area contributed by atoms with E-state index in [1.165, 1.54) is 28.6 Å². The lowest BCUT2D eigenvalue weighted by atomic mass is 10.1. The molecule has 160 valence electrons. The first-order valence-electron chi connectivity index (χ1n) is 10.5.